The van der Waals surface area contributed by atoms with Crippen molar-refractivity contribution in [3.8, 4) is 22.4 Å². The molecule has 4 nitrogen and oxygen atoms in total. The van der Waals surface area contributed by atoms with Crippen LogP contribution in [0.1, 0.15) is 17.7 Å². The maximum atomic E-state index is 4.94. The molecule has 0 saturated heterocycles. The Morgan fingerprint density at radius 2 is 1.80 bits per heavy atom. The molecule has 2 aromatic carbocycles. The lowest BCUT2D eigenvalue weighted by Gasteiger charge is -2.07. The molecule has 0 saturated carbocycles. The van der Waals surface area contributed by atoms with Crippen LogP contribution in [0.4, 0.5) is 0 Å². The van der Waals surface area contributed by atoms with E-state index in [-0.39, 0.29) is 0 Å². The number of nitrogens with zero attached hydrogens (tertiary/aromatic N) is 4. The van der Waals surface area contributed by atoms with Crippen LogP contribution < -0.4 is 0 Å². The number of fused-ring (bicyclic) bond motifs is 2. The van der Waals surface area contributed by atoms with Crippen LogP contribution in [-0.2, 0) is 13.0 Å². The third-order valence-electron chi connectivity index (χ3n) is 4.89. The molecule has 0 aliphatic carbocycles. The molecule has 3 heterocycles. The highest BCUT2D eigenvalue weighted by Crippen LogP contribution is 2.38. The Bertz CT molecular complexity index is 1090. The SMILES string of the molecule is Cc1cccc(-c2nn3c(c2-c2ccc4nccnc4c2)CCC3)c1. The molecule has 0 atom stereocenters. The van der Waals surface area contributed by atoms with Crippen LogP contribution in [0.5, 0.6) is 0 Å². The largest absolute Gasteiger partial charge is 0.268 e. The molecule has 0 bridgehead atoms. The van der Waals surface area contributed by atoms with Gasteiger partial charge in [0.15, 0.2) is 0 Å². The first-order chi connectivity index (χ1) is 12.3. The van der Waals surface area contributed by atoms with Gasteiger partial charge in [0.2, 0.25) is 0 Å². The third-order valence-corrected chi connectivity index (χ3v) is 4.89. The van der Waals surface area contributed by atoms with E-state index >= 15 is 0 Å². The average molecular weight is 326 g/mol. The Morgan fingerprint density at radius 3 is 2.68 bits per heavy atom. The van der Waals surface area contributed by atoms with Crippen molar-refractivity contribution in [2.24, 2.45) is 0 Å². The van der Waals surface area contributed by atoms with Crippen molar-refractivity contribution in [2.45, 2.75) is 26.3 Å². The number of aryl methyl sites for hydroxylation is 2. The highest BCUT2D eigenvalue weighted by molar-refractivity contribution is 5.88. The van der Waals surface area contributed by atoms with Crippen molar-refractivity contribution < 1.29 is 0 Å². The molecule has 0 unspecified atom stereocenters. The summed E-state index contributed by atoms with van der Waals surface area (Å²) in [6.07, 6.45) is 5.72. The number of hydrogen-bond acceptors (Lipinski definition) is 3. The summed E-state index contributed by atoms with van der Waals surface area (Å²) in [5.74, 6) is 0. The minimum atomic E-state index is 0.923. The molecule has 0 spiro atoms. The molecule has 25 heavy (non-hydrogen) atoms. The predicted octanol–water partition coefficient (Wildman–Crippen LogP) is 4.41. The smallest absolute Gasteiger partial charge is 0.100 e. The lowest BCUT2D eigenvalue weighted by Crippen LogP contribution is -1.94. The first-order valence-corrected chi connectivity index (χ1v) is 8.67. The van der Waals surface area contributed by atoms with E-state index in [4.69, 9.17) is 5.10 Å². The third kappa shape index (κ3) is 2.33. The zero-order valence-electron chi connectivity index (χ0n) is 14.1. The summed E-state index contributed by atoms with van der Waals surface area (Å²) >= 11 is 0. The summed E-state index contributed by atoms with van der Waals surface area (Å²) in [6, 6.07) is 14.9. The molecule has 4 aromatic rings. The van der Waals surface area contributed by atoms with Crippen molar-refractivity contribution in [1.82, 2.24) is 19.7 Å². The number of rotatable bonds is 2. The molecule has 1 aliphatic heterocycles. The zero-order chi connectivity index (χ0) is 16.8. The van der Waals surface area contributed by atoms with E-state index in [9.17, 15) is 0 Å². The molecule has 0 fully saturated rings. The van der Waals surface area contributed by atoms with Gasteiger partial charge in [-0.2, -0.15) is 5.10 Å². The van der Waals surface area contributed by atoms with Crippen LogP contribution >= 0.6 is 0 Å². The lowest BCUT2D eigenvalue weighted by molar-refractivity contribution is 0.659. The number of benzene rings is 2. The minimum absolute atomic E-state index is 0.923. The van der Waals surface area contributed by atoms with Crippen molar-refractivity contribution >= 4 is 11.0 Å². The van der Waals surface area contributed by atoms with Crippen LogP contribution in [0.2, 0.25) is 0 Å². The van der Waals surface area contributed by atoms with Crippen LogP contribution in [0.25, 0.3) is 33.4 Å². The second-order valence-corrected chi connectivity index (χ2v) is 6.63. The van der Waals surface area contributed by atoms with Gasteiger partial charge in [0.05, 0.1) is 11.0 Å². The van der Waals surface area contributed by atoms with Gasteiger partial charge in [-0.15, -0.1) is 0 Å². The first kappa shape index (κ1) is 14.3. The van der Waals surface area contributed by atoms with Gasteiger partial charge in [-0.3, -0.25) is 14.6 Å². The Labute approximate surface area is 146 Å². The van der Waals surface area contributed by atoms with Gasteiger partial charge in [-0.1, -0.05) is 29.8 Å². The molecule has 0 N–H and O–H groups in total. The zero-order valence-corrected chi connectivity index (χ0v) is 14.1. The fraction of sp³-hybridized carbons (Fsp3) is 0.190. The molecule has 1 aliphatic rings. The van der Waals surface area contributed by atoms with Gasteiger partial charge in [-0.05, 0) is 43.5 Å². The van der Waals surface area contributed by atoms with Crippen molar-refractivity contribution in [1.29, 1.82) is 0 Å². The highest BCUT2D eigenvalue weighted by Gasteiger charge is 2.24. The summed E-state index contributed by atoms with van der Waals surface area (Å²) in [7, 11) is 0. The fourth-order valence-corrected chi connectivity index (χ4v) is 3.75. The monoisotopic (exact) mass is 326 g/mol. The van der Waals surface area contributed by atoms with E-state index in [0.717, 1.165) is 36.1 Å². The quantitative estimate of drug-likeness (QED) is 0.548. The van der Waals surface area contributed by atoms with E-state index in [1.54, 1.807) is 12.4 Å². The van der Waals surface area contributed by atoms with E-state index in [1.807, 2.05) is 0 Å². The van der Waals surface area contributed by atoms with Crippen LogP contribution in [0.3, 0.4) is 0 Å². The molecule has 0 radical (unpaired) electrons. The Balaban J connectivity index is 1.76. The van der Waals surface area contributed by atoms with E-state index < -0.39 is 0 Å². The Hall–Kier alpha value is -3.01. The Morgan fingerprint density at radius 1 is 0.920 bits per heavy atom. The van der Waals surface area contributed by atoms with Crippen LogP contribution in [0.15, 0.2) is 54.9 Å². The topological polar surface area (TPSA) is 43.6 Å². The van der Waals surface area contributed by atoms with Crippen molar-refractivity contribution in [2.75, 3.05) is 0 Å². The summed E-state index contributed by atoms with van der Waals surface area (Å²) in [5, 5.41) is 4.94. The standard InChI is InChI=1S/C21H18N4/c1-14-4-2-5-16(12-14)21-20(19-6-3-11-25(19)24-21)15-7-8-17-18(13-15)23-10-9-22-17/h2,4-5,7-10,12-13H,3,6,11H2,1H3. The van der Waals surface area contributed by atoms with E-state index in [0.29, 0.717) is 0 Å². The molecule has 4 heteroatoms. The Kier molecular flexibility index (Phi) is 3.17. The predicted molar refractivity (Wildman–Crippen MR) is 99.3 cm³/mol. The summed E-state index contributed by atoms with van der Waals surface area (Å²) in [5.41, 5.74) is 9.10. The average Bonchev–Trinajstić information content (AvgIpc) is 3.22. The first-order valence-electron chi connectivity index (χ1n) is 8.67. The van der Waals surface area contributed by atoms with Gasteiger partial charge in [0.25, 0.3) is 0 Å². The summed E-state index contributed by atoms with van der Waals surface area (Å²) in [6.45, 7) is 3.13. The van der Waals surface area contributed by atoms with Crippen molar-refractivity contribution in [3.05, 3.63) is 66.1 Å². The van der Waals surface area contributed by atoms with E-state index in [2.05, 4.69) is 64.0 Å². The molecule has 2 aromatic heterocycles. The molecular formula is C21H18N4. The summed E-state index contributed by atoms with van der Waals surface area (Å²) < 4.78 is 2.17. The van der Waals surface area contributed by atoms with Crippen molar-refractivity contribution in [3.63, 3.8) is 0 Å². The number of aromatic nitrogens is 4. The van der Waals surface area contributed by atoms with Crippen LogP contribution in [0, 0.1) is 6.92 Å². The van der Waals surface area contributed by atoms with Gasteiger partial charge in [0, 0.05) is 35.8 Å². The van der Waals surface area contributed by atoms with Gasteiger partial charge in [-0.25, -0.2) is 0 Å². The molecule has 0 amide bonds. The van der Waals surface area contributed by atoms with E-state index in [1.165, 1.54) is 27.9 Å². The summed E-state index contributed by atoms with van der Waals surface area (Å²) in [4.78, 5) is 8.86. The second kappa shape index (κ2) is 5.52. The second-order valence-electron chi connectivity index (χ2n) is 6.63. The maximum Gasteiger partial charge on any atom is 0.100 e. The van der Waals surface area contributed by atoms with Gasteiger partial charge < -0.3 is 0 Å². The maximum absolute atomic E-state index is 4.94. The van der Waals surface area contributed by atoms with Gasteiger partial charge in [0.1, 0.15) is 5.69 Å². The molecular weight excluding hydrogens is 308 g/mol. The molecule has 5 rings (SSSR count). The highest BCUT2D eigenvalue weighted by atomic mass is 15.3. The van der Waals surface area contributed by atoms with Gasteiger partial charge >= 0.3 is 0 Å². The fourth-order valence-electron chi connectivity index (χ4n) is 3.75. The molecule has 122 valence electrons. The van der Waals surface area contributed by atoms with Crippen LogP contribution in [-0.4, -0.2) is 19.7 Å². The minimum Gasteiger partial charge on any atom is -0.268 e. The number of hydrogen-bond donors (Lipinski definition) is 0. The normalized spacial score (nSPS) is 13.3. The lowest BCUT2D eigenvalue weighted by atomic mass is 9.96.